The first kappa shape index (κ1) is 23.8. The summed E-state index contributed by atoms with van der Waals surface area (Å²) in [7, 11) is 1.28. The average Bonchev–Trinajstić information content (AvgIpc) is 3.32. The highest BCUT2D eigenvalue weighted by Crippen LogP contribution is 2.75. The van der Waals surface area contributed by atoms with Crippen molar-refractivity contribution in [3.8, 4) is 0 Å². The van der Waals surface area contributed by atoms with Crippen molar-refractivity contribution >= 4 is 23.5 Å². The van der Waals surface area contributed by atoms with E-state index < -0.39 is 64.0 Å². The summed E-state index contributed by atoms with van der Waals surface area (Å²) in [5.74, 6) is -6.65. The number of benzene rings is 1. The Kier molecular flexibility index (Phi) is 4.39. The molecule has 0 radical (unpaired) electrons. The van der Waals surface area contributed by atoms with Crippen LogP contribution in [0.1, 0.15) is 44.7 Å². The van der Waals surface area contributed by atoms with Crippen molar-refractivity contribution in [2.45, 2.75) is 74.4 Å². The molecule has 36 heavy (non-hydrogen) atoms. The number of ether oxygens (including phenoxy) is 2. The van der Waals surface area contributed by atoms with Crippen LogP contribution in [0.3, 0.4) is 0 Å². The lowest BCUT2D eigenvalue weighted by molar-refractivity contribution is -0.346. The molecule has 1 aromatic carbocycles. The maximum absolute atomic E-state index is 14.3. The Morgan fingerprint density at radius 3 is 2.56 bits per heavy atom. The van der Waals surface area contributed by atoms with Crippen LogP contribution in [0.5, 0.6) is 0 Å². The fourth-order valence-corrected chi connectivity index (χ4v) is 7.81. The number of amides is 2. The first-order valence-corrected chi connectivity index (χ1v) is 12.2. The first-order chi connectivity index (χ1) is 16.8. The quantitative estimate of drug-likeness (QED) is 0.376. The summed E-state index contributed by atoms with van der Waals surface area (Å²) in [5, 5.41) is 46.3. The van der Waals surface area contributed by atoms with E-state index in [0.717, 1.165) is 17.4 Å². The number of aliphatic hydroxyl groups excluding tert-OH is 1. The number of methoxy groups -OCH3 is 1. The number of carbonyl (C=O) groups excluding carboxylic acids is 3. The van der Waals surface area contributed by atoms with Crippen LogP contribution >= 0.6 is 0 Å². The van der Waals surface area contributed by atoms with Gasteiger partial charge in [-0.2, -0.15) is 0 Å². The zero-order valence-corrected chi connectivity index (χ0v) is 20.5. The van der Waals surface area contributed by atoms with Gasteiger partial charge in [-0.05, 0) is 51.2 Å². The topological polar surface area (TPSA) is 157 Å². The van der Waals surface area contributed by atoms with Crippen LogP contribution in [0.4, 0.5) is 5.69 Å². The number of aliphatic hydroxyl groups is 4. The van der Waals surface area contributed by atoms with Gasteiger partial charge in [0, 0.05) is 24.1 Å². The molecule has 1 aromatic rings. The fraction of sp³-hybridized carbons (Fsp3) is 0.640. The molecule has 194 valence electrons. The third-order valence-electron chi connectivity index (χ3n) is 9.34. The third kappa shape index (κ3) is 2.11. The lowest BCUT2D eigenvalue weighted by Crippen LogP contribution is -2.67. The SMILES string of the molecule is COC(=O)CCCN1C(=O)[C@@]23O[C@@]4(O)[C@@]5(O)[C@@H]2[C@@H](Cc2cccc1c23)C(C)(C)N5C(=O)[C@]4(O)[C@H](C)O. The summed E-state index contributed by atoms with van der Waals surface area (Å²) in [5.41, 5.74) is -6.63. The van der Waals surface area contributed by atoms with Gasteiger partial charge >= 0.3 is 5.97 Å². The van der Waals surface area contributed by atoms with Crippen molar-refractivity contribution in [2.24, 2.45) is 11.8 Å². The minimum atomic E-state index is -2.99. The lowest BCUT2D eigenvalue weighted by Gasteiger charge is -2.42. The molecule has 6 rings (SSSR count). The van der Waals surface area contributed by atoms with Gasteiger partial charge in [-0.15, -0.1) is 0 Å². The molecule has 7 atom stereocenters. The van der Waals surface area contributed by atoms with E-state index in [0.29, 0.717) is 24.1 Å². The fourth-order valence-electron chi connectivity index (χ4n) is 7.81. The number of carbonyl (C=O) groups is 3. The van der Waals surface area contributed by atoms with Crippen molar-refractivity contribution in [2.75, 3.05) is 18.6 Å². The van der Waals surface area contributed by atoms with Gasteiger partial charge in [0.15, 0.2) is 5.60 Å². The summed E-state index contributed by atoms with van der Waals surface area (Å²) in [6.45, 7) is 4.71. The van der Waals surface area contributed by atoms with Crippen LogP contribution in [-0.2, 0) is 35.9 Å². The van der Waals surface area contributed by atoms with E-state index in [-0.39, 0.29) is 13.0 Å². The molecular formula is C25H30N2O9. The van der Waals surface area contributed by atoms with Crippen molar-refractivity contribution in [3.63, 3.8) is 0 Å². The molecule has 0 aromatic heterocycles. The number of hydrogen-bond donors (Lipinski definition) is 4. The number of hydrogen-bond acceptors (Lipinski definition) is 9. The molecule has 5 aliphatic rings. The zero-order chi connectivity index (χ0) is 26.2. The number of rotatable bonds is 5. The second-order valence-electron chi connectivity index (χ2n) is 11.2. The molecular weight excluding hydrogens is 472 g/mol. The second kappa shape index (κ2) is 6.65. The summed E-state index contributed by atoms with van der Waals surface area (Å²) in [6.07, 6.45) is -1.04. The second-order valence-corrected chi connectivity index (χ2v) is 11.2. The molecule has 3 saturated heterocycles. The zero-order valence-electron chi connectivity index (χ0n) is 20.5. The largest absolute Gasteiger partial charge is 0.469 e. The highest BCUT2D eigenvalue weighted by molar-refractivity contribution is 6.09. The van der Waals surface area contributed by atoms with E-state index in [4.69, 9.17) is 9.47 Å². The predicted octanol–water partition coefficient (Wildman–Crippen LogP) is -0.876. The molecule has 11 nitrogen and oxygen atoms in total. The van der Waals surface area contributed by atoms with Crippen molar-refractivity contribution in [3.05, 3.63) is 29.3 Å². The normalized spacial score (nSPS) is 41.6. The number of anilines is 1. The molecule has 11 heteroatoms. The molecule has 4 N–H and O–H groups in total. The highest BCUT2D eigenvalue weighted by Gasteiger charge is 2.95. The molecule has 0 saturated carbocycles. The van der Waals surface area contributed by atoms with Crippen molar-refractivity contribution < 1.29 is 44.3 Å². The Bertz CT molecular complexity index is 1230. The molecule has 4 heterocycles. The van der Waals surface area contributed by atoms with Gasteiger partial charge in [0.05, 0.1) is 24.8 Å². The maximum atomic E-state index is 14.3. The summed E-state index contributed by atoms with van der Waals surface area (Å²) < 4.78 is 10.9. The number of nitrogens with zero attached hydrogens (tertiary/aromatic N) is 2. The van der Waals surface area contributed by atoms with Gasteiger partial charge in [0.2, 0.25) is 11.3 Å². The van der Waals surface area contributed by atoms with Gasteiger partial charge in [-0.3, -0.25) is 14.4 Å². The van der Waals surface area contributed by atoms with E-state index >= 15 is 0 Å². The molecule has 4 aliphatic heterocycles. The van der Waals surface area contributed by atoms with Gasteiger partial charge in [-0.25, -0.2) is 0 Å². The predicted molar refractivity (Wildman–Crippen MR) is 121 cm³/mol. The Morgan fingerprint density at radius 1 is 1.22 bits per heavy atom. The summed E-state index contributed by atoms with van der Waals surface area (Å²) in [6, 6.07) is 5.39. The third-order valence-corrected chi connectivity index (χ3v) is 9.34. The average molecular weight is 503 g/mol. The summed E-state index contributed by atoms with van der Waals surface area (Å²) in [4.78, 5) is 42.1. The van der Waals surface area contributed by atoms with Crippen LogP contribution < -0.4 is 4.90 Å². The molecule has 0 unspecified atom stereocenters. The van der Waals surface area contributed by atoms with Gasteiger partial charge < -0.3 is 39.7 Å². The van der Waals surface area contributed by atoms with E-state index in [1.54, 1.807) is 26.0 Å². The molecule has 1 aliphatic carbocycles. The smallest absolute Gasteiger partial charge is 0.305 e. The summed E-state index contributed by atoms with van der Waals surface area (Å²) >= 11 is 0. The Hall–Kier alpha value is -2.57. The van der Waals surface area contributed by atoms with Crippen LogP contribution in [0.15, 0.2) is 18.2 Å². The van der Waals surface area contributed by atoms with Gasteiger partial charge in [0.1, 0.15) is 0 Å². The van der Waals surface area contributed by atoms with Crippen LogP contribution in [-0.4, -0.2) is 85.5 Å². The monoisotopic (exact) mass is 502 g/mol. The van der Waals surface area contributed by atoms with E-state index in [2.05, 4.69) is 0 Å². The molecule has 0 bridgehead atoms. The molecule has 2 amide bonds. The Morgan fingerprint density at radius 2 is 1.92 bits per heavy atom. The minimum absolute atomic E-state index is 0.0835. The first-order valence-electron chi connectivity index (χ1n) is 12.2. The van der Waals surface area contributed by atoms with Gasteiger partial charge in [-0.1, -0.05) is 12.1 Å². The Balaban J connectivity index is 1.57. The van der Waals surface area contributed by atoms with Crippen LogP contribution in [0, 0.1) is 11.8 Å². The maximum Gasteiger partial charge on any atom is 0.305 e. The van der Waals surface area contributed by atoms with Crippen LogP contribution in [0.2, 0.25) is 0 Å². The van der Waals surface area contributed by atoms with E-state index in [1.807, 2.05) is 6.07 Å². The highest BCUT2D eigenvalue weighted by atomic mass is 16.7. The Labute approximate surface area is 207 Å². The van der Waals surface area contributed by atoms with E-state index in [9.17, 15) is 34.8 Å². The lowest BCUT2D eigenvalue weighted by atomic mass is 9.61. The van der Waals surface area contributed by atoms with E-state index in [1.165, 1.54) is 12.0 Å². The molecule has 1 spiro atoms. The van der Waals surface area contributed by atoms with Gasteiger partial charge in [0.25, 0.3) is 17.6 Å². The standard InChI is InChI=1S/C25H30N2O9/c1-12(28)23(32)20(31)27-21(2,3)14-11-13-7-5-8-15-17(13)22(18(14)24(27,33)25(23,34)36-22)19(30)26(15)10-6-9-16(29)35-4/h5,7-8,12,14,18,28,32-34H,6,9-11H2,1-4H3/t12-,14+,18+,22-,23+,24-,25+/m0/s1. The van der Waals surface area contributed by atoms with Crippen LogP contribution in [0.25, 0.3) is 0 Å². The number of esters is 1. The van der Waals surface area contributed by atoms with Crippen molar-refractivity contribution in [1.82, 2.24) is 4.90 Å². The minimum Gasteiger partial charge on any atom is -0.469 e. The molecule has 3 fully saturated rings. The van der Waals surface area contributed by atoms with Crippen molar-refractivity contribution in [1.29, 1.82) is 0 Å².